The Kier molecular flexibility index (Phi) is 6.65. The second-order valence-corrected chi connectivity index (χ2v) is 4.92. The normalized spacial score (nSPS) is 12.0. The van der Waals surface area contributed by atoms with E-state index in [1.165, 1.54) is 13.1 Å². The fourth-order valence-corrected chi connectivity index (χ4v) is 1.60. The number of hydrazone groups is 1. The van der Waals surface area contributed by atoms with E-state index >= 15 is 0 Å². The third kappa shape index (κ3) is 5.61. The Balaban J connectivity index is 2.85. The van der Waals surface area contributed by atoms with Crippen LogP contribution in [0, 0.1) is 5.41 Å². The molecule has 0 bridgehead atoms. The Morgan fingerprint density at radius 1 is 1.59 bits per heavy atom. The molecular formula is C14H19ClN4O3. The third-order valence-corrected chi connectivity index (χ3v) is 2.89. The molecule has 22 heavy (non-hydrogen) atoms. The summed E-state index contributed by atoms with van der Waals surface area (Å²) in [5.41, 5.74) is 5.88. The van der Waals surface area contributed by atoms with Gasteiger partial charge in [-0.05, 0) is 37.1 Å². The smallest absolute Gasteiger partial charge is 0.332 e. The average Bonchev–Trinajstić information content (AvgIpc) is 2.45. The van der Waals surface area contributed by atoms with Crippen molar-refractivity contribution >= 4 is 29.7 Å². The number of nitrogens with zero attached hydrogens (tertiary/aromatic N) is 2. The van der Waals surface area contributed by atoms with E-state index in [0.29, 0.717) is 21.5 Å². The molecule has 0 aliphatic rings. The van der Waals surface area contributed by atoms with Gasteiger partial charge in [-0.1, -0.05) is 23.7 Å². The van der Waals surface area contributed by atoms with Crippen molar-refractivity contribution in [3.05, 3.63) is 28.8 Å². The standard InChI is InChI=1S/C14H19ClN4O3/c1-4-9(2)21-13-6-5-11(7-12(13)15)8-18-19(14(16)17)22-10(3)20/h5-9H,4H2,1-3H3,(H3,16,17)/b18-8+. The van der Waals surface area contributed by atoms with Crippen LogP contribution in [0.5, 0.6) is 5.75 Å². The zero-order valence-corrected chi connectivity index (χ0v) is 13.4. The second-order valence-electron chi connectivity index (χ2n) is 4.51. The van der Waals surface area contributed by atoms with Crippen molar-refractivity contribution in [1.82, 2.24) is 5.17 Å². The summed E-state index contributed by atoms with van der Waals surface area (Å²) >= 11 is 6.14. The Bertz CT molecular complexity index is 577. The SMILES string of the molecule is CCC(C)Oc1ccc(/C=N/N(OC(C)=O)C(=N)N)cc1Cl. The number of hydrogen-bond acceptors (Lipinski definition) is 5. The first-order valence-electron chi connectivity index (χ1n) is 6.66. The lowest BCUT2D eigenvalue weighted by atomic mass is 10.2. The molecule has 0 aromatic heterocycles. The summed E-state index contributed by atoms with van der Waals surface area (Å²) < 4.78 is 5.66. The largest absolute Gasteiger partial charge is 0.489 e. The first kappa shape index (κ1) is 17.8. The maximum absolute atomic E-state index is 10.9. The zero-order valence-electron chi connectivity index (χ0n) is 12.7. The maximum Gasteiger partial charge on any atom is 0.332 e. The van der Waals surface area contributed by atoms with E-state index in [9.17, 15) is 4.79 Å². The van der Waals surface area contributed by atoms with Crippen molar-refractivity contribution in [2.75, 3.05) is 0 Å². The Hall–Kier alpha value is -2.28. The van der Waals surface area contributed by atoms with Gasteiger partial charge < -0.3 is 15.3 Å². The van der Waals surface area contributed by atoms with Gasteiger partial charge in [0.05, 0.1) is 17.3 Å². The number of hydroxylamine groups is 1. The van der Waals surface area contributed by atoms with E-state index in [4.69, 9.17) is 27.5 Å². The lowest BCUT2D eigenvalue weighted by Gasteiger charge is -2.14. The lowest BCUT2D eigenvalue weighted by molar-refractivity contribution is -0.170. The van der Waals surface area contributed by atoms with Gasteiger partial charge in [-0.3, -0.25) is 5.41 Å². The van der Waals surface area contributed by atoms with Crippen molar-refractivity contribution < 1.29 is 14.4 Å². The van der Waals surface area contributed by atoms with Crippen LogP contribution in [-0.2, 0) is 9.63 Å². The van der Waals surface area contributed by atoms with E-state index in [1.54, 1.807) is 18.2 Å². The van der Waals surface area contributed by atoms with Gasteiger partial charge in [0.1, 0.15) is 5.75 Å². The van der Waals surface area contributed by atoms with Crippen LogP contribution >= 0.6 is 11.6 Å². The number of guanidine groups is 1. The average molecular weight is 327 g/mol. The van der Waals surface area contributed by atoms with Crippen LogP contribution in [0.2, 0.25) is 5.02 Å². The van der Waals surface area contributed by atoms with Gasteiger partial charge in [-0.2, -0.15) is 0 Å². The Labute approximate surface area is 134 Å². The number of nitrogens with two attached hydrogens (primary N) is 1. The molecular weight excluding hydrogens is 308 g/mol. The van der Waals surface area contributed by atoms with Gasteiger partial charge in [0.25, 0.3) is 0 Å². The maximum atomic E-state index is 10.9. The van der Waals surface area contributed by atoms with E-state index < -0.39 is 11.9 Å². The molecule has 0 saturated heterocycles. The van der Waals surface area contributed by atoms with Crippen LogP contribution < -0.4 is 10.5 Å². The van der Waals surface area contributed by atoms with E-state index in [-0.39, 0.29) is 6.10 Å². The minimum Gasteiger partial charge on any atom is -0.489 e. The minimum absolute atomic E-state index is 0.0641. The van der Waals surface area contributed by atoms with E-state index in [2.05, 4.69) is 9.94 Å². The molecule has 0 radical (unpaired) electrons. The van der Waals surface area contributed by atoms with Crippen LogP contribution in [0.3, 0.4) is 0 Å². The number of benzene rings is 1. The summed E-state index contributed by atoms with van der Waals surface area (Å²) in [6.45, 7) is 5.16. The molecule has 0 heterocycles. The third-order valence-electron chi connectivity index (χ3n) is 2.59. The highest BCUT2D eigenvalue weighted by molar-refractivity contribution is 6.32. The van der Waals surface area contributed by atoms with Crippen LogP contribution in [0.4, 0.5) is 0 Å². The highest BCUT2D eigenvalue weighted by Gasteiger charge is 2.09. The highest BCUT2D eigenvalue weighted by Crippen LogP contribution is 2.26. The number of ether oxygens (including phenoxy) is 1. The molecule has 0 fully saturated rings. The minimum atomic E-state index is -0.636. The van der Waals surface area contributed by atoms with Crippen molar-refractivity contribution in [2.24, 2.45) is 10.8 Å². The van der Waals surface area contributed by atoms with Crippen LogP contribution in [-0.4, -0.2) is 29.4 Å². The predicted octanol–water partition coefficient (Wildman–Crippen LogP) is 2.52. The van der Waals surface area contributed by atoms with Gasteiger partial charge in [0.2, 0.25) is 5.96 Å². The summed E-state index contributed by atoms with van der Waals surface area (Å²) in [5, 5.41) is 12.1. The summed E-state index contributed by atoms with van der Waals surface area (Å²) in [5.74, 6) is -0.575. The van der Waals surface area contributed by atoms with E-state index in [0.717, 1.165) is 6.42 Å². The van der Waals surface area contributed by atoms with Crippen LogP contribution in [0.15, 0.2) is 23.3 Å². The van der Waals surface area contributed by atoms with Crippen molar-refractivity contribution in [1.29, 1.82) is 5.41 Å². The van der Waals surface area contributed by atoms with Crippen LogP contribution in [0.25, 0.3) is 0 Å². The van der Waals surface area contributed by atoms with Crippen molar-refractivity contribution in [2.45, 2.75) is 33.3 Å². The van der Waals surface area contributed by atoms with Gasteiger partial charge in [-0.25, -0.2) is 4.79 Å². The summed E-state index contributed by atoms with van der Waals surface area (Å²) in [6.07, 6.45) is 2.30. The molecule has 0 aliphatic carbocycles. The number of carbonyl (C=O) groups is 1. The quantitative estimate of drug-likeness (QED) is 0.492. The highest BCUT2D eigenvalue weighted by atomic mass is 35.5. The molecule has 7 nitrogen and oxygen atoms in total. The summed E-state index contributed by atoms with van der Waals surface area (Å²) in [4.78, 5) is 15.5. The molecule has 8 heteroatoms. The first-order chi connectivity index (χ1) is 10.3. The predicted molar refractivity (Wildman–Crippen MR) is 84.9 cm³/mol. The topological polar surface area (TPSA) is 101 Å². The second kappa shape index (κ2) is 8.23. The molecule has 1 aromatic rings. The van der Waals surface area contributed by atoms with Gasteiger partial charge in [-0.15, -0.1) is 5.10 Å². The fourth-order valence-electron chi connectivity index (χ4n) is 1.37. The summed E-state index contributed by atoms with van der Waals surface area (Å²) in [6, 6.07) is 5.10. The molecule has 120 valence electrons. The zero-order chi connectivity index (χ0) is 16.7. The molecule has 1 rings (SSSR count). The monoisotopic (exact) mass is 326 g/mol. The molecule has 1 aromatic carbocycles. The molecule has 1 atom stereocenters. The number of carbonyl (C=O) groups excluding carboxylic acids is 1. The molecule has 0 amide bonds. The molecule has 0 aliphatic heterocycles. The van der Waals surface area contributed by atoms with Gasteiger partial charge >= 0.3 is 5.97 Å². The molecule has 1 unspecified atom stereocenters. The number of hydrogen-bond donors (Lipinski definition) is 2. The number of rotatable bonds is 5. The van der Waals surface area contributed by atoms with Crippen molar-refractivity contribution in [3.63, 3.8) is 0 Å². The number of nitrogens with one attached hydrogen (secondary N) is 1. The Morgan fingerprint density at radius 2 is 2.27 bits per heavy atom. The van der Waals surface area contributed by atoms with Gasteiger partial charge in [0.15, 0.2) is 0 Å². The molecule has 0 saturated carbocycles. The lowest BCUT2D eigenvalue weighted by Crippen LogP contribution is -2.33. The Morgan fingerprint density at radius 3 is 2.77 bits per heavy atom. The first-order valence-corrected chi connectivity index (χ1v) is 7.04. The summed E-state index contributed by atoms with van der Waals surface area (Å²) in [7, 11) is 0. The van der Waals surface area contributed by atoms with Crippen LogP contribution in [0.1, 0.15) is 32.8 Å². The fraction of sp³-hybridized carbons (Fsp3) is 0.357. The number of halogens is 1. The van der Waals surface area contributed by atoms with E-state index in [1.807, 2.05) is 13.8 Å². The molecule has 3 N–H and O–H groups in total. The van der Waals surface area contributed by atoms with Crippen molar-refractivity contribution in [3.8, 4) is 5.75 Å². The van der Waals surface area contributed by atoms with Gasteiger partial charge in [0, 0.05) is 6.92 Å². The molecule has 0 spiro atoms.